The Labute approximate surface area is 339 Å². The Morgan fingerprint density at radius 2 is 0.661 bits per heavy atom. The van der Waals surface area contributed by atoms with Crippen LogP contribution in [0.25, 0.3) is 38.6 Å². The van der Waals surface area contributed by atoms with Gasteiger partial charge in [-0.25, -0.2) is 0 Å². The van der Waals surface area contributed by atoms with Crippen LogP contribution in [0.4, 0.5) is 0 Å². The molecule has 2 aliphatic heterocycles. The molecule has 1 aromatic heterocycles. The molecule has 0 fully saturated rings. The molecule has 62 heavy (non-hydrogen) atoms. The largest absolute Gasteiger partial charge is 0.505 e. The quantitative estimate of drug-likeness (QED) is 0.0607. The fourth-order valence-corrected chi connectivity index (χ4v) is 7.97. The molecule has 0 saturated carbocycles. The zero-order chi connectivity index (χ0) is 45.4. The lowest BCUT2D eigenvalue weighted by Crippen LogP contribution is -2.57. The minimum absolute atomic E-state index is 0.252. The lowest BCUT2D eigenvalue weighted by Gasteiger charge is -2.35. The van der Waals surface area contributed by atoms with E-state index in [0.29, 0.717) is 0 Å². The maximum absolute atomic E-state index is 12.1. The molecular weight excluding hydrogens is 836 g/mol. The number of benzene rings is 6. The minimum Gasteiger partial charge on any atom is -0.505 e. The summed E-state index contributed by atoms with van der Waals surface area (Å²) >= 11 is 0. The number of hydrogen-bond donors (Lipinski definition) is 21. The van der Waals surface area contributed by atoms with E-state index in [-0.39, 0.29) is 4.57 Å². The molecule has 21 N–H and O–H groups in total. The first-order chi connectivity index (χ1) is 29.0. The van der Waals surface area contributed by atoms with Crippen molar-refractivity contribution in [2.75, 3.05) is 0 Å². The number of nitrogens with zero attached hydrogens (tertiary/aromatic N) is 1. The normalized spacial score (nSPS) is 12.5. The summed E-state index contributed by atoms with van der Waals surface area (Å²) in [6.07, 6.45) is 0. The second-order valence-corrected chi connectivity index (χ2v) is 13.8. The summed E-state index contributed by atoms with van der Waals surface area (Å²) in [7, 11) is 6.04. The molecule has 0 saturated heterocycles. The van der Waals surface area contributed by atoms with Crippen molar-refractivity contribution >= 4 is 58.2 Å². The van der Waals surface area contributed by atoms with Gasteiger partial charge < -0.3 is 117 Å². The van der Waals surface area contributed by atoms with Crippen LogP contribution in [0.3, 0.4) is 0 Å². The van der Waals surface area contributed by atoms with Crippen molar-refractivity contribution in [2.24, 2.45) is 0 Å². The third-order valence-electron chi connectivity index (χ3n) is 10.8. The Kier molecular flexibility index (Phi) is 7.17. The summed E-state index contributed by atoms with van der Waals surface area (Å²) in [4.78, 5) is 0. The summed E-state index contributed by atoms with van der Waals surface area (Å²) in [5, 5.41) is 230. The number of phenols is 21. The van der Waals surface area contributed by atoms with Crippen LogP contribution in [-0.2, 0) is 0 Å². The molecule has 0 aliphatic carbocycles. The van der Waals surface area contributed by atoms with Gasteiger partial charge in [-0.15, -0.1) is 0 Å². The van der Waals surface area contributed by atoms with Gasteiger partial charge in [0.05, 0.1) is 16.5 Å². The number of aromatic nitrogens is 1. The number of ether oxygens (including phenoxy) is 2. The maximum atomic E-state index is 12.1. The van der Waals surface area contributed by atoms with E-state index >= 15 is 0 Å². The summed E-state index contributed by atoms with van der Waals surface area (Å²) in [6.45, 7) is -2.11. The first kappa shape index (κ1) is 38.2. The second-order valence-electron chi connectivity index (χ2n) is 13.8. The topological polar surface area (TPSA) is 448 Å². The predicted octanol–water partition coefficient (Wildman–Crippen LogP) is -0.210. The van der Waals surface area contributed by atoms with Crippen LogP contribution in [0.1, 0.15) is 0 Å². The summed E-state index contributed by atoms with van der Waals surface area (Å²) < 4.78 is 11.6. The van der Waals surface area contributed by atoms with Gasteiger partial charge in [-0.3, -0.25) is 4.57 Å². The highest BCUT2D eigenvalue weighted by Gasteiger charge is 2.52. The molecule has 0 bridgehead atoms. The third-order valence-corrected chi connectivity index (χ3v) is 10.8. The average molecular weight is 857 g/mol. The fourth-order valence-electron chi connectivity index (χ4n) is 7.97. The van der Waals surface area contributed by atoms with Crippen molar-refractivity contribution in [3.05, 3.63) is 0 Å². The van der Waals surface area contributed by atoms with Gasteiger partial charge in [0.25, 0.3) is 6.71 Å². The molecule has 314 valence electrons. The molecule has 0 amide bonds. The first-order valence-electron chi connectivity index (χ1n) is 16.8. The van der Waals surface area contributed by atoms with Crippen molar-refractivity contribution in [3.63, 3.8) is 0 Å². The number of phenolic OH excluding ortho intramolecular Hbond substituents is 21. The van der Waals surface area contributed by atoms with Gasteiger partial charge in [-0.2, -0.15) is 0 Å². The molecule has 9 rings (SSSR count). The SMILES string of the molecule is [B]c1c(O)c(O)c(O)c2c1c1c(O)c(O)c(O)c(O)c1n2-c1c(O)c(O)c(O)c(O)c1-c1c(O)c2c3c(c1O)Oc1c(O)c(O)c(O)c(O)c1B3c1c(O)c(O)c(O)c(O)c1O2. The van der Waals surface area contributed by atoms with Gasteiger partial charge in [0.1, 0.15) is 24.6 Å². The van der Waals surface area contributed by atoms with E-state index in [1.807, 2.05) is 0 Å². The maximum Gasteiger partial charge on any atom is 0.271 e. The number of rotatable bonds is 2. The van der Waals surface area contributed by atoms with Crippen molar-refractivity contribution in [2.45, 2.75) is 0 Å². The van der Waals surface area contributed by atoms with Gasteiger partial charge in [0, 0.05) is 21.8 Å². The minimum atomic E-state index is -2.11. The Morgan fingerprint density at radius 3 is 1.15 bits per heavy atom. The number of hydrogen-bond acceptors (Lipinski definition) is 23. The Hall–Kier alpha value is -9.35. The van der Waals surface area contributed by atoms with Crippen molar-refractivity contribution < 1.29 is 117 Å². The van der Waals surface area contributed by atoms with Crippen LogP contribution in [0.5, 0.6) is 144 Å². The van der Waals surface area contributed by atoms with Crippen molar-refractivity contribution in [3.8, 4) is 161 Å². The van der Waals surface area contributed by atoms with Gasteiger partial charge in [0.2, 0.25) is 63.2 Å². The lowest BCUT2D eigenvalue weighted by molar-refractivity contribution is 0.324. The fraction of sp³-hybridized carbons (Fsp3) is 0. The number of aromatic hydroxyl groups is 21. The highest BCUT2D eigenvalue weighted by Crippen LogP contribution is 2.64. The zero-order valence-corrected chi connectivity index (χ0v) is 29.8. The third kappa shape index (κ3) is 4.09. The molecule has 7 aromatic rings. The van der Waals surface area contributed by atoms with Gasteiger partial charge in [-0.05, 0) is 5.46 Å². The van der Waals surface area contributed by atoms with E-state index in [1.54, 1.807) is 0 Å². The van der Waals surface area contributed by atoms with Gasteiger partial charge >= 0.3 is 0 Å². The zero-order valence-electron chi connectivity index (χ0n) is 29.8. The Bertz CT molecular complexity index is 3160. The standard InChI is InChI=1S/C36H21B2NO23/c37-5-1-2-10(20(48)27(55)22(50)12(2)40)39(9(1)19(47)24(52)16(5)44)11-3(13(41)23(51)28(56)21(11)49)4-14(42)35-8-36(15(4)43)62-34-7(18(46)26(54)30(58)32(34)60)38(8)6-17(45)25(53)29(57)31(59)33(6)61-35/h40-60H. The molecule has 0 spiro atoms. The highest BCUT2D eigenvalue weighted by molar-refractivity contribution is 6.99. The molecule has 2 aliphatic rings. The Balaban J connectivity index is 1.52. The molecule has 0 unspecified atom stereocenters. The molecule has 0 atom stereocenters. The van der Waals surface area contributed by atoms with Crippen LogP contribution in [0.2, 0.25) is 0 Å². The van der Waals surface area contributed by atoms with E-state index in [2.05, 4.69) is 0 Å². The van der Waals surface area contributed by atoms with E-state index in [4.69, 9.17) is 17.3 Å². The molecule has 3 heterocycles. The molecule has 26 heteroatoms. The summed E-state index contributed by atoms with van der Waals surface area (Å²) in [6, 6.07) is 0. The predicted molar refractivity (Wildman–Crippen MR) is 204 cm³/mol. The number of fused-ring (bicyclic) bond motifs is 7. The lowest BCUT2D eigenvalue weighted by atomic mass is 9.34. The van der Waals surface area contributed by atoms with Crippen molar-refractivity contribution in [1.29, 1.82) is 0 Å². The van der Waals surface area contributed by atoms with Crippen LogP contribution >= 0.6 is 0 Å². The van der Waals surface area contributed by atoms with Gasteiger partial charge in [0.15, 0.2) is 80.5 Å². The van der Waals surface area contributed by atoms with Crippen LogP contribution < -0.4 is 31.3 Å². The van der Waals surface area contributed by atoms with E-state index in [1.165, 1.54) is 0 Å². The molecule has 2 radical (unpaired) electrons. The smallest absolute Gasteiger partial charge is 0.271 e. The summed E-state index contributed by atoms with van der Waals surface area (Å²) in [5.74, 6) is -35.4. The average Bonchev–Trinajstić information content (AvgIpc) is 3.61. The second kappa shape index (κ2) is 11.6. The highest BCUT2D eigenvalue weighted by atomic mass is 16.5. The van der Waals surface area contributed by atoms with Crippen molar-refractivity contribution in [1.82, 2.24) is 4.57 Å². The van der Waals surface area contributed by atoms with E-state index in [9.17, 15) is 107 Å². The first-order valence-corrected chi connectivity index (χ1v) is 16.8. The van der Waals surface area contributed by atoms with Gasteiger partial charge in [-0.1, -0.05) is 0 Å². The summed E-state index contributed by atoms with van der Waals surface area (Å²) in [5.41, 5.74) is -9.63. The van der Waals surface area contributed by atoms with E-state index in [0.717, 1.165) is 0 Å². The van der Waals surface area contributed by atoms with Crippen LogP contribution in [0, 0.1) is 0 Å². The van der Waals surface area contributed by atoms with Crippen LogP contribution in [0.15, 0.2) is 0 Å². The molecule has 24 nitrogen and oxygen atoms in total. The Morgan fingerprint density at radius 1 is 0.306 bits per heavy atom. The molecular formula is C36H21B2NO23. The van der Waals surface area contributed by atoms with E-state index < -0.39 is 211 Å². The molecule has 6 aromatic carbocycles. The monoisotopic (exact) mass is 857 g/mol. The van der Waals surface area contributed by atoms with Crippen LogP contribution in [-0.4, -0.2) is 126 Å².